The average Bonchev–Trinajstić information content (AvgIpc) is 3.34. The highest BCUT2D eigenvalue weighted by atomic mass is 15.5. The van der Waals surface area contributed by atoms with Crippen LogP contribution in [0, 0.1) is 0 Å². The van der Waals surface area contributed by atoms with Crippen LogP contribution in [0.5, 0.6) is 0 Å². The van der Waals surface area contributed by atoms with Crippen LogP contribution in [0.2, 0.25) is 6.82 Å². The van der Waals surface area contributed by atoms with Gasteiger partial charge in [-0.1, -0.05) is 65.7 Å². The molecule has 1 aliphatic rings. The highest BCUT2D eigenvalue weighted by Crippen LogP contribution is 2.40. The van der Waals surface area contributed by atoms with Crippen molar-refractivity contribution in [3.05, 3.63) is 42.6 Å². The summed E-state index contributed by atoms with van der Waals surface area (Å²) < 4.78 is 2.16. The van der Waals surface area contributed by atoms with Crippen molar-refractivity contribution in [1.29, 1.82) is 0 Å². The molecule has 1 atom stereocenters. The van der Waals surface area contributed by atoms with E-state index in [9.17, 15) is 0 Å². The van der Waals surface area contributed by atoms with Crippen LogP contribution in [0.4, 0.5) is 11.5 Å². The summed E-state index contributed by atoms with van der Waals surface area (Å²) in [5.41, 5.74) is 1.11. The quantitative estimate of drug-likeness (QED) is 0.492. The molecule has 0 saturated carbocycles. The fourth-order valence-electron chi connectivity index (χ4n) is 4.21. The van der Waals surface area contributed by atoms with Crippen molar-refractivity contribution < 1.29 is 0 Å². The van der Waals surface area contributed by atoms with Gasteiger partial charge in [0, 0.05) is 18.8 Å². The van der Waals surface area contributed by atoms with Gasteiger partial charge in [0.2, 0.25) is 0 Å². The lowest BCUT2D eigenvalue weighted by Crippen LogP contribution is -2.63. The molecule has 0 bridgehead atoms. The SMILES string of the molecule is CC.CCC.CCCCN(C)B(C)N(c1ccccc1)C1N(C)c2ccnn2C1(C)C. The summed E-state index contributed by atoms with van der Waals surface area (Å²) in [7, 11) is 4.42. The zero-order valence-corrected chi connectivity index (χ0v) is 21.8. The van der Waals surface area contributed by atoms with Gasteiger partial charge < -0.3 is 14.5 Å². The minimum absolute atomic E-state index is 0.136. The van der Waals surface area contributed by atoms with Crippen molar-refractivity contribution in [3.63, 3.8) is 0 Å². The van der Waals surface area contributed by atoms with Gasteiger partial charge in [0.05, 0.1) is 11.7 Å². The Kier molecular flexibility index (Phi) is 11.2. The fourth-order valence-corrected chi connectivity index (χ4v) is 4.21. The molecule has 3 rings (SSSR count). The molecule has 2 heterocycles. The summed E-state index contributed by atoms with van der Waals surface area (Å²) in [5.74, 6) is 1.17. The van der Waals surface area contributed by atoms with Gasteiger partial charge in [0.1, 0.15) is 12.0 Å². The summed E-state index contributed by atoms with van der Waals surface area (Å²) in [5, 5.41) is 4.61. The van der Waals surface area contributed by atoms with Crippen LogP contribution in [0.3, 0.4) is 0 Å². The predicted octanol–water partition coefficient (Wildman–Crippen LogP) is 6.19. The van der Waals surface area contributed by atoms with Gasteiger partial charge in [-0.15, -0.1) is 0 Å². The average molecular weight is 427 g/mol. The summed E-state index contributed by atoms with van der Waals surface area (Å²) in [6, 6.07) is 12.9. The monoisotopic (exact) mass is 427 g/mol. The van der Waals surface area contributed by atoms with Crippen molar-refractivity contribution in [2.75, 3.05) is 30.4 Å². The number of likely N-dealkylation sites (N-methyl/N-ethyl adjacent to an activating group) is 1. The molecule has 0 spiro atoms. The first-order chi connectivity index (χ1) is 14.8. The molecule has 0 N–H and O–H groups in total. The minimum Gasteiger partial charge on any atom is -0.380 e. The van der Waals surface area contributed by atoms with E-state index in [1.165, 1.54) is 30.8 Å². The fraction of sp³-hybridized carbons (Fsp3) is 0.640. The molecular formula is C25H46BN5. The maximum absolute atomic E-state index is 4.61. The second-order valence-electron chi connectivity index (χ2n) is 8.66. The molecule has 1 aromatic heterocycles. The number of anilines is 2. The number of unbranched alkanes of at least 4 members (excludes halogenated alkanes) is 1. The molecule has 5 nitrogen and oxygen atoms in total. The van der Waals surface area contributed by atoms with E-state index in [1.807, 2.05) is 20.0 Å². The van der Waals surface area contributed by atoms with Crippen LogP contribution >= 0.6 is 0 Å². The molecule has 174 valence electrons. The van der Waals surface area contributed by atoms with E-state index in [0.717, 1.165) is 6.54 Å². The topological polar surface area (TPSA) is 27.5 Å². The highest BCUT2D eigenvalue weighted by Gasteiger charge is 2.49. The van der Waals surface area contributed by atoms with Gasteiger partial charge in [-0.2, -0.15) is 5.10 Å². The number of hydrogen-bond acceptors (Lipinski definition) is 4. The Bertz CT molecular complexity index is 731. The van der Waals surface area contributed by atoms with Gasteiger partial charge >= 0.3 is 6.98 Å². The zero-order valence-electron chi connectivity index (χ0n) is 21.8. The van der Waals surface area contributed by atoms with E-state index in [4.69, 9.17) is 0 Å². The molecule has 31 heavy (non-hydrogen) atoms. The Balaban J connectivity index is 0.000000884. The molecule has 0 amide bonds. The van der Waals surface area contributed by atoms with Crippen molar-refractivity contribution in [3.8, 4) is 0 Å². The van der Waals surface area contributed by atoms with E-state index in [0.29, 0.717) is 0 Å². The Morgan fingerprint density at radius 1 is 1.06 bits per heavy atom. The van der Waals surface area contributed by atoms with Crippen molar-refractivity contribution >= 4 is 18.5 Å². The first kappa shape index (κ1) is 27.1. The molecule has 1 aliphatic heterocycles. The summed E-state index contributed by atoms with van der Waals surface area (Å²) in [6.45, 7) is 18.8. The first-order valence-electron chi connectivity index (χ1n) is 12.1. The summed E-state index contributed by atoms with van der Waals surface area (Å²) in [6.07, 6.45) is 5.77. The third-order valence-corrected chi connectivity index (χ3v) is 5.75. The maximum Gasteiger partial charge on any atom is 0.341 e. The van der Waals surface area contributed by atoms with Crippen LogP contribution in [0.15, 0.2) is 42.6 Å². The van der Waals surface area contributed by atoms with E-state index < -0.39 is 0 Å². The summed E-state index contributed by atoms with van der Waals surface area (Å²) >= 11 is 0. The first-order valence-corrected chi connectivity index (χ1v) is 12.1. The zero-order chi connectivity index (χ0) is 23.6. The lowest BCUT2D eigenvalue weighted by Gasteiger charge is -2.46. The van der Waals surface area contributed by atoms with Crippen LogP contribution in [-0.2, 0) is 5.54 Å². The second kappa shape index (κ2) is 12.8. The van der Waals surface area contributed by atoms with E-state index in [-0.39, 0.29) is 18.7 Å². The standard InChI is InChI=1S/C20H32BN5.C3H8.C2H6/c1-7-8-16-23(5)21(4)25(17-12-10-9-11-13-17)19-20(2,3)26-18(24(19)6)14-15-22-26;1-3-2;1-2/h9-15,19H,7-8,16H2,1-6H3;3H2,1-2H3;1-2H3. The molecule has 0 fully saturated rings. The van der Waals surface area contributed by atoms with Gasteiger partial charge in [-0.25, -0.2) is 4.68 Å². The van der Waals surface area contributed by atoms with Crippen molar-refractivity contribution in [2.24, 2.45) is 0 Å². The normalized spacial score (nSPS) is 16.1. The van der Waals surface area contributed by atoms with Crippen LogP contribution in [-0.4, -0.2) is 48.4 Å². The van der Waals surface area contributed by atoms with E-state index >= 15 is 0 Å². The van der Waals surface area contributed by atoms with Gasteiger partial charge in [0.25, 0.3) is 0 Å². The number of benzene rings is 1. The Morgan fingerprint density at radius 2 is 1.65 bits per heavy atom. The molecular weight excluding hydrogens is 381 g/mol. The molecule has 1 aromatic carbocycles. The minimum atomic E-state index is -0.136. The Morgan fingerprint density at radius 3 is 2.16 bits per heavy atom. The van der Waals surface area contributed by atoms with Gasteiger partial charge in [-0.3, -0.25) is 0 Å². The molecule has 6 heteroatoms. The van der Waals surface area contributed by atoms with Crippen LogP contribution < -0.4 is 9.71 Å². The third kappa shape index (κ3) is 6.06. The van der Waals surface area contributed by atoms with Crippen LogP contribution in [0.25, 0.3) is 0 Å². The lowest BCUT2D eigenvalue weighted by atomic mass is 9.72. The molecule has 1 unspecified atom stereocenters. The number of rotatable bonds is 7. The predicted molar refractivity (Wildman–Crippen MR) is 139 cm³/mol. The maximum atomic E-state index is 4.61. The second-order valence-corrected chi connectivity index (χ2v) is 8.66. The molecule has 0 aliphatic carbocycles. The Labute approximate surface area is 192 Å². The smallest absolute Gasteiger partial charge is 0.341 e. The number of aromatic nitrogens is 2. The van der Waals surface area contributed by atoms with Gasteiger partial charge in [-0.05, 0) is 52.8 Å². The molecule has 2 aromatic rings. The highest BCUT2D eigenvalue weighted by molar-refractivity contribution is 6.59. The van der Waals surface area contributed by atoms with Crippen LogP contribution in [0.1, 0.15) is 67.7 Å². The number of para-hydroxylation sites is 1. The lowest BCUT2D eigenvalue weighted by molar-refractivity contribution is 0.298. The van der Waals surface area contributed by atoms with Crippen molar-refractivity contribution in [1.82, 2.24) is 14.6 Å². The van der Waals surface area contributed by atoms with E-state index in [1.54, 1.807) is 0 Å². The Hall–Kier alpha value is -1.95. The molecule has 0 radical (unpaired) electrons. The summed E-state index contributed by atoms with van der Waals surface area (Å²) in [4.78, 5) is 7.37. The number of nitrogens with zero attached hydrogens (tertiary/aromatic N) is 5. The molecule has 0 saturated heterocycles. The number of hydrogen-bond donors (Lipinski definition) is 0. The third-order valence-electron chi connectivity index (χ3n) is 5.75. The number of fused-ring (bicyclic) bond motifs is 1. The van der Waals surface area contributed by atoms with Crippen molar-refractivity contribution in [2.45, 2.75) is 86.3 Å². The van der Waals surface area contributed by atoms with Gasteiger partial charge in [0.15, 0.2) is 0 Å². The van der Waals surface area contributed by atoms with E-state index in [2.05, 4.69) is 116 Å². The largest absolute Gasteiger partial charge is 0.380 e.